The minimum Gasteiger partial charge on any atom is -0.399 e. The van der Waals surface area contributed by atoms with E-state index in [1.54, 1.807) is 24.3 Å². The second-order valence-electron chi connectivity index (χ2n) is 4.52. The number of nitrogens with one attached hydrogen (secondary N) is 2. The van der Waals surface area contributed by atoms with Crippen molar-refractivity contribution in [2.75, 3.05) is 16.4 Å². The monoisotopic (exact) mass is 255 g/mol. The number of urea groups is 1. The molecule has 0 aromatic heterocycles. The first-order chi connectivity index (χ1) is 9.04. The lowest BCUT2D eigenvalue weighted by atomic mass is 10.1. The predicted molar refractivity (Wildman–Crippen MR) is 79.4 cm³/mol. The van der Waals surface area contributed by atoms with Gasteiger partial charge in [-0.25, -0.2) is 4.79 Å². The smallest absolute Gasteiger partial charge is 0.323 e. The van der Waals surface area contributed by atoms with Crippen molar-refractivity contribution in [3.8, 4) is 0 Å². The Morgan fingerprint density at radius 3 is 2.32 bits per heavy atom. The number of carbonyl (C=O) groups excluding carboxylic acids is 1. The van der Waals surface area contributed by atoms with Gasteiger partial charge in [-0.1, -0.05) is 17.7 Å². The number of hydrogen-bond acceptors (Lipinski definition) is 2. The highest BCUT2D eigenvalue weighted by Gasteiger charge is 2.04. The molecule has 0 heterocycles. The largest absolute Gasteiger partial charge is 0.399 e. The zero-order chi connectivity index (χ0) is 13.8. The molecule has 19 heavy (non-hydrogen) atoms. The number of nitrogens with two attached hydrogens (primary N) is 1. The number of nitrogen functional groups attached to an aromatic ring is 1. The first-order valence-electron chi connectivity index (χ1n) is 6.05. The van der Waals surface area contributed by atoms with Crippen molar-refractivity contribution in [2.24, 2.45) is 0 Å². The van der Waals surface area contributed by atoms with Gasteiger partial charge in [-0.05, 0) is 49.7 Å². The second-order valence-corrected chi connectivity index (χ2v) is 4.52. The molecule has 2 aromatic rings. The van der Waals surface area contributed by atoms with Gasteiger partial charge >= 0.3 is 6.03 Å². The Morgan fingerprint density at radius 1 is 1.00 bits per heavy atom. The SMILES string of the molecule is Cc1ccc(NC(=O)Nc2ccc(N)cc2)c(C)c1. The van der Waals surface area contributed by atoms with Crippen LogP contribution in [0.3, 0.4) is 0 Å². The molecular formula is C15H17N3O. The van der Waals surface area contributed by atoms with Crippen LogP contribution in [-0.4, -0.2) is 6.03 Å². The highest BCUT2D eigenvalue weighted by Crippen LogP contribution is 2.17. The number of rotatable bonds is 2. The van der Waals surface area contributed by atoms with Crippen molar-refractivity contribution in [3.63, 3.8) is 0 Å². The van der Waals surface area contributed by atoms with Crippen molar-refractivity contribution in [1.82, 2.24) is 0 Å². The number of carbonyl (C=O) groups is 1. The highest BCUT2D eigenvalue weighted by molar-refractivity contribution is 6.00. The van der Waals surface area contributed by atoms with Crippen LogP contribution in [0.1, 0.15) is 11.1 Å². The average molecular weight is 255 g/mol. The summed E-state index contributed by atoms with van der Waals surface area (Å²) in [5.41, 5.74) is 9.97. The van der Waals surface area contributed by atoms with Crippen LogP contribution in [0.25, 0.3) is 0 Å². The topological polar surface area (TPSA) is 67.2 Å². The van der Waals surface area contributed by atoms with E-state index in [4.69, 9.17) is 5.73 Å². The van der Waals surface area contributed by atoms with Crippen LogP contribution >= 0.6 is 0 Å². The first kappa shape index (κ1) is 13.0. The molecule has 0 bridgehead atoms. The highest BCUT2D eigenvalue weighted by atomic mass is 16.2. The summed E-state index contributed by atoms with van der Waals surface area (Å²) in [6, 6.07) is 12.6. The van der Waals surface area contributed by atoms with Crippen LogP contribution in [0.4, 0.5) is 21.9 Å². The van der Waals surface area contributed by atoms with Crippen molar-refractivity contribution in [1.29, 1.82) is 0 Å². The molecule has 4 heteroatoms. The summed E-state index contributed by atoms with van der Waals surface area (Å²) in [4.78, 5) is 11.9. The number of benzene rings is 2. The first-order valence-corrected chi connectivity index (χ1v) is 6.05. The normalized spacial score (nSPS) is 10.0. The molecule has 4 nitrogen and oxygen atoms in total. The van der Waals surface area contributed by atoms with Gasteiger partial charge in [0, 0.05) is 17.1 Å². The van der Waals surface area contributed by atoms with Gasteiger partial charge in [-0.2, -0.15) is 0 Å². The molecule has 0 saturated carbocycles. The predicted octanol–water partition coefficient (Wildman–Crippen LogP) is 3.53. The van der Waals surface area contributed by atoms with Gasteiger partial charge in [0.15, 0.2) is 0 Å². The lowest BCUT2D eigenvalue weighted by molar-refractivity contribution is 0.262. The van der Waals surface area contributed by atoms with Crippen molar-refractivity contribution in [2.45, 2.75) is 13.8 Å². The number of hydrogen-bond donors (Lipinski definition) is 3. The maximum absolute atomic E-state index is 11.9. The summed E-state index contributed by atoms with van der Waals surface area (Å²) in [6.45, 7) is 3.98. The maximum Gasteiger partial charge on any atom is 0.323 e. The van der Waals surface area contributed by atoms with E-state index in [1.165, 1.54) is 5.56 Å². The minimum absolute atomic E-state index is 0.267. The average Bonchev–Trinajstić information content (AvgIpc) is 2.36. The standard InChI is InChI=1S/C15H17N3O/c1-10-3-8-14(11(2)9-10)18-15(19)17-13-6-4-12(16)5-7-13/h3-9H,16H2,1-2H3,(H2,17,18,19). The third-order valence-corrected chi connectivity index (χ3v) is 2.80. The van der Waals surface area contributed by atoms with Gasteiger partial charge in [-0.3, -0.25) is 0 Å². The van der Waals surface area contributed by atoms with Gasteiger partial charge in [0.1, 0.15) is 0 Å². The summed E-state index contributed by atoms with van der Waals surface area (Å²) in [7, 11) is 0. The molecule has 0 unspecified atom stereocenters. The molecule has 0 atom stereocenters. The van der Waals surface area contributed by atoms with E-state index in [2.05, 4.69) is 10.6 Å². The number of aryl methyl sites for hydroxylation is 2. The van der Waals surface area contributed by atoms with Crippen LogP contribution in [0.15, 0.2) is 42.5 Å². The Kier molecular flexibility index (Phi) is 3.71. The molecule has 98 valence electrons. The van der Waals surface area contributed by atoms with Gasteiger partial charge in [0.2, 0.25) is 0 Å². The Bertz CT molecular complexity index is 591. The molecule has 0 fully saturated rings. The van der Waals surface area contributed by atoms with Crippen LogP contribution < -0.4 is 16.4 Å². The summed E-state index contributed by atoms with van der Waals surface area (Å²) in [6.07, 6.45) is 0. The van der Waals surface area contributed by atoms with Gasteiger partial charge < -0.3 is 16.4 Å². The molecule has 2 amide bonds. The van der Waals surface area contributed by atoms with Gasteiger partial charge in [0.25, 0.3) is 0 Å². The molecule has 0 radical (unpaired) electrons. The molecule has 2 rings (SSSR count). The molecule has 0 spiro atoms. The molecule has 0 aliphatic rings. The lowest BCUT2D eigenvalue weighted by Gasteiger charge is -2.10. The zero-order valence-electron chi connectivity index (χ0n) is 11.0. The van der Waals surface area contributed by atoms with E-state index in [9.17, 15) is 4.79 Å². The third kappa shape index (κ3) is 3.48. The van der Waals surface area contributed by atoms with Crippen molar-refractivity contribution in [3.05, 3.63) is 53.6 Å². The Balaban J connectivity index is 2.03. The molecule has 0 aliphatic heterocycles. The van der Waals surface area contributed by atoms with Gasteiger partial charge in [0.05, 0.1) is 0 Å². The number of amides is 2. The summed E-state index contributed by atoms with van der Waals surface area (Å²) < 4.78 is 0. The van der Waals surface area contributed by atoms with E-state index in [0.29, 0.717) is 11.4 Å². The lowest BCUT2D eigenvalue weighted by Crippen LogP contribution is -2.19. The molecule has 0 aliphatic carbocycles. The molecule has 4 N–H and O–H groups in total. The molecule has 0 saturated heterocycles. The number of anilines is 3. The fourth-order valence-electron chi connectivity index (χ4n) is 1.80. The van der Waals surface area contributed by atoms with Crippen LogP contribution in [0.2, 0.25) is 0 Å². The van der Waals surface area contributed by atoms with Crippen LogP contribution in [0.5, 0.6) is 0 Å². The fourth-order valence-corrected chi connectivity index (χ4v) is 1.80. The van der Waals surface area contributed by atoms with E-state index < -0.39 is 0 Å². The van der Waals surface area contributed by atoms with Crippen LogP contribution in [-0.2, 0) is 0 Å². The quantitative estimate of drug-likeness (QED) is 0.719. The second kappa shape index (κ2) is 5.44. The minimum atomic E-state index is -0.267. The Labute approximate surface area is 112 Å². The Hall–Kier alpha value is -2.49. The van der Waals surface area contributed by atoms with Gasteiger partial charge in [-0.15, -0.1) is 0 Å². The zero-order valence-corrected chi connectivity index (χ0v) is 11.0. The maximum atomic E-state index is 11.9. The third-order valence-electron chi connectivity index (χ3n) is 2.80. The summed E-state index contributed by atoms with van der Waals surface area (Å²) >= 11 is 0. The van der Waals surface area contributed by atoms with E-state index in [-0.39, 0.29) is 6.03 Å². The van der Waals surface area contributed by atoms with Crippen molar-refractivity contribution < 1.29 is 4.79 Å². The fraction of sp³-hybridized carbons (Fsp3) is 0.133. The van der Waals surface area contributed by atoms with E-state index in [0.717, 1.165) is 11.3 Å². The van der Waals surface area contributed by atoms with E-state index in [1.807, 2.05) is 32.0 Å². The summed E-state index contributed by atoms with van der Waals surface area (Å²) in [5.74, 6) is 0. The van der Waals surface area contributed by atoms with Crippen LogP contribution in [0, 0.1) is 13.8 Å². The van der Waals surface area contributed by atoms with E-state index >= 15 is 0 Å². The molecular weight excluding hydrogens is 238 g/mol. The van der Waals surface area contributed by atoms with Crippen molar-refractivity contribution >= 4 is 23.1 Å². The Morgan fingerprint density at radius 2 is 1.68 bits per heavy atom. The molecule has 2 aromatic carbocycles. The summed E-state index contributed by atoms with van der Waals surface area (Å²) in [5, 5.41) is 5.57.